The van der Waals surface area contributed by atoms with Crippen molar-refractivity contribution in [3.8, 4) is 17.2 Å². The predicted octanol–water partition coefficient (Wildman–Crippen LogP) is 2.29. The topological polar surface area (TPSA) is 73.8 Å². The summed E-state index contributed by atoms with van der Waals surface area (Å²) >= 11 is 0. The summed E-state index contributed by atoms with van der Waals surface area (Å²) in [6.07, 6.45) is 2.46. The maximum atomic E-state index is 5.94. The molecule has 1 aromatic carbocycles. The maximum absolute atomic E-state index is 5.94. The fraction of sp³-hybridized carbons (Fsp3) is 0.650. The second-order valence-corrected chi connectivity index (χ2v) is 6.84. The Morgan fingerprint density at radius 3 is 2.34 bits per heavy atom. The number of aliphatic imine (C=N–C) groups is 1. The van der Waals surface area contributed by atoms with E-state index < -0.39 is 0 Å². The van der Waals surface area contributed by atoms with E-state index in [0.717, 1.165) is 44.1 Å². The number of hydrogen-bond acceptors (Lipinski definition) is 6. The van der Waals surface area contributed by atoms with Crippen molar-refractivity contribution in [1.29, 1.82) is 0 Å². The van der Waals surface area contributed by atoms with Gasteiger partial charge in [0.05, 0.1) is 34.0 Å². The van der Waals surface area contributed by atoms with Crippen molar-refractivity contribution in [2.75, 3.05) is 54.7 Å². The summed E-state index contributed by atoms with van der Waals surface area (Å²) in [5.41, 5.74) is 1.01. The first-order valence-corrected chi connectivity index (χ1v) is 9.67. The highest BCUT2D eigenvalue weighted by Crippen LogP contribution is 2.38. The molecule has 8 nitrogen and oxygen atoms in total. The van der Waals surface area contributed by atoms with Crippen molar-refractivity contribution in [1.82, 2.24) is 10.2 Å². The Kier molecular flexibility index (Phi) is 9.57. The number of morpholine rings is 1. The minimum absolute atomic E-state index is 0. The molecule has 3 rings (SSSR count). The molecule has 1 N–H and O–H groups in total. The lowest BCUT2D eigenvalue weighted by Crippen LogP contribution is -2.53. The quantitative estimate of drug-likeness (QED) is 0.350. The van der Waals surface area contributed by atoms with Gasteiger partial charge in [-0.3, -0.25) is 4.99 Å². The lowest BCUT2D eigenvalue weighted by atomic mass is 10.1. The number of benzene rings is 1. The first-order valence-electron chi connectivity index (χ1n) is 9.67. The van der Waals surface area contributed by atoms with Crippen LogP contribution >= 0.6 is 24.0 Å². The van der Waals surface area contributed by atoms with Crippen LogP contribution in [0.25, 0.3) is 0 Å². The molecule has 29 heavy (non-hydrogen) atoms. The summed E-state index contributed by atoms with van der Waals surface area (Å²) in [7, 11) is 6.63. The molecular formula is C20H32IN3O5. The highest BCUT2D eigenvalue weighted by molar-refractivity contribution is 14.0. The van der Waals surface area contributed by atoms with Gasteiger partial charge in [-0.1, -0.05) is 0 Å². The Labute approximate surface area is 189 Å². The number of ether oxygens (including phenoxy) is 5. The molecule has 2 aliphatic rings. The van der Waals surface area contributed by atoms with Gasteiger partial charge in [0.15, 0.2) is 17.5 Å². The third kappa shape index (κ3) is 5.79. The van der Waals surface area contributed by atoms with E-state index >= 15 is 0 Å². The lowest BCUT2D eigenvalue weighted by molar-refractivity contribution is -0.0817. The summed E-state index contributed by atoms with van der Waals surface area (Å²) in [5, 5.41) is 3.43. The zero-order valence-corrected chi connectivity index (χ0v) is 19.9. The first-order chi connectivity index (χ1) is 13.7. The number of nitrogens with zero attached hydrogens (tertiary/aromatic N) is 2. The first kappa shape index (κ1) is 23.8. The summed E-state index contributed by atoms with van der Waals surface area (Å²) in [6, 6.07) is 3.88. The normalized spacial score (nSPS) is 22.1. The second-order valence-electron chi connectivity index (χ2n) is 6.84. The van der Waals surface area contributed by atoms with Crippen LogP contribution in [0, 0.1) is 0 Å². The molecule has 2 heterocycles. The van der Waals surface area contributed by atoms with Gasteiger partial charge in [0, 0.05) is 33.3 Å². The van der Waals surface area contributed by atoms with Gasteiger partial charge in [0.2, 0.25) is 5.75 Å². The molecule has 164 valence electrons. The summed E-state index contributed by atoms with van der Waals surface area (Å²) in [4.78, 5) is 6.68. The van der Waals surface area contributed by atoms with Crippen molar-refractivity contribution < 1.29 is 23.7 Å². The smallest absolute Gasteiger partial charge is 0.203 e. The molecule has 0 aliphatic carbocycles. The summed E-state index contributed by atoms with van der Waals surface area (Å²) in [5.74, 6) is 2.71. The largest absolute Gasteiger partial charge is 0.493 e. The van der Waals surface area contributed by atoms with Crippen LogP contribution in [-0.4, -0.2) is 77.7 Å². The standard InChI is InChI=1S/C20H31N3O5.HI/c1-21-20(23-7-9-28-18(13-23)15-6-5-8-27-15)22-12-14-10-16(24-2)19(26-4)17(11-14)25-3;/h10-11,15,18H,5-9,12-13H2,1-4H3,(H,21,22);1H. The number of nitrogens with one attached hydrogen (secondary N) is 1. The van der Waals surface area contributed by atoms with Gasteiger partial charge in [-0.25, -0.2) is 0 Å². The average molecular weight is 521 g/mol. The molecule has 0 spiro atoms. The van der Waals surface area contributed by atoms with E-state index in [1.54, 1.807) is 28.4 Å². The van der Waals surface area contributed by atoms with Crippen LogP contribution in [0.1, 0.15) is 18.4 Å². The maximum Gasteiger partial charge on any atom is 0.203 e. The van der Waals surface area contributed by atoms with Crippen LogP contribution in [0.4, 0.5) is 0 Å². The van der Waals surface area contributed by atoms with Gasteiger partial charge < -0.3 is 33.9 Å². The molecule has 0 amide bonds. The van der Waals surface area contributed by atoms with E-state index in [0.29, 0.717) is 30.4 Å². The Bertz CT molecular complexity index is 657. The van der Waals surface area contributed by atoms with Gasteiger partial charge in [-0.15, -0.1) is 24.0 Å². The number of rotatable bonds is 6. The van der Waals surface area contributed by atoms with Gasteiger partial charge in [-0.05, 0) is 30.5 Å². The van der Waals surface area contributed by atoms with Gasteiger partial charge >= 0.3 is 0 Å². The zero-order chi connectivity index (χ0) is 19.9. The van der Waals surface area contributed by atoms with E-state index in [-0.39, 0.29) is 36.2 Å². The van der Waals surface area contributed by atoms with Crippen molar-refractivity contribution in [2.24, 2.45) is 4.99 Å². The number of methoxy groups -OCH3 is 3. The fourth-order valence-corrected chi connectivity index (χ4v) is 3.74. The van der Waals surface area contributed by atoms with Crippen molar-refractivity contribution in [2.45, 2.75) is 31.6 Å². The van der Waals surface area contributed by atoms with E-state index in [4.69, 9.17) is 23.7 Å². The molecule has 2 saturated heterocycles. The molecule has 2 aliphatic heterocycles. The van der Waals surface area contributed by atoms with Crippen molar-refractivity contribution in [3.05, 3.63) is 17.7 Å². The Morgan fingerprint density at radius 1 is 1.10 bits per heavy atom. The predicted molar refractivity (Wildman–Crippen MR) is 122 cm³/mol. The molecule has 0 aromatic heterocycles. The summed E-state index contributed by atoms with van der Waals surface area (Å²) in [6.45, 7) is 3.68. The SMILES string of the molecule is CN=C(NCc1cc(OC)c(OC)c(OC)c1)N1CCOC(C2CCCO2)C1.I. The molecule has 2 atom stereocenters. The monoisotopic (exact) mass is 521 g/mol. The van der Waals surface area contributed by atoms with Gasteiger partial charge in [-0.2, -0.15) is 0 Å². The minimum atomic E-state index is 0. The van der Waals surface area contributed by atoms with Crippen LogP contribution in [0.3, 0.4) is 0 Å². The van der Waals surface area contributed by atoms with Crippen LogP contribution < -0.4 is 19.5 Å². The highest BCUT2D eigenvalue weighted by atomic mass is 127. The molecule has 1 aromatic rings. The molecule has 0 saturated carbocycles. The molecule has 0 bridgehead atoms. The zero-order valence-electron chi connectivity index (χ0n) is 17.6. The van der Waals surface area contributed by atoms with Crippen LogP contribution in [0.15, 0.2) is 17.1 Å². The molecular weight excluding hydrogens is 489 g/mol. The van der Waals surface area contributed by atoms with Crippen LogP contribution in [0.2, 0.25) is 0 Å². The van der Waals surface area contributed by atoms with Crippen molar-refractivity contribution in [3.63, 3.8) is 0 Å². The highest BCUT2D eigenvalue weighted by Gasteiger charge is 2.32. The van der Waals surface area contributed by atoms with Crippen molar-refractivity contribution >= 4 is 29.9 Å². The Hall–Kier alpha value is -1.46. The fourth-order valence-electron chi connectivity index (χ4n) is 3.74. The van der Waals surface area contributed by atoms with Crippen LogP contribution in [-0.2, 0) is 16.0 Å². The molecule has 9 heteroatoms. The van der Waals surface area contributed by atoms with Gasteiger partial charge in [0.1, 0.15) is 6.10 Å². The number of hydrogen-bond donors (Lipinski definition) is 1. The van der Waals surface area contributed by atoms with Crippen LogP contribution in [0.5, 0.6) is 17.2 Å². The average Bonchev–Trinajstić information content (AvgIpc) is 3.28. The Morgan fingerprint density at radius 2 is 1.79 bits per heavy atom. The van der Waals surface area contributed by atoms with E-state index in [1.165, 1.54) is 0 Å². The molecule has 2 fully saturated rings. The molecule has 0 radical (unpaired) electrons. The van der Waals surface area contributed by atoms with E-state index in [1.807, 2.05) is 12.1 Å². The number of guanidine groups is 1. The summed E-state index contributed by atoms with van der Waals surface area (Å²) < 4.78 is 28.0. The van der Waals surface area contributed by atoms with E-state index in [9.17, 15) is 0 Å². The molecule has 2 unspecified atom stereocenters. The third-order valence-corrected chi connectivity index (χ3v) is 5.16. The minimum Gasteiger partial charge on any atom is -0.493 e. The second kappa shape index (κ2) is 11.7. The van der Waals surface area contributed by atoms with E-state index in [2.05, 4.69) is 15.2 Å². The third-order valence-electron chi connectivity index (χ3n) is 5.16. The van der Waals surface area contributed by atoms with Gasteiger partial charge in [0.25, 0.3) is 0 Å². The Balaban J connectivity index is 0.00000300. The lowest BCUT2D eigenvalue weighted by Gasteiger charge is -2.37. The number of halogens is 1.